The van der Waals surface area contributed by atoms with Crippen LogP contribution in [0.25, 0.3) is 0 Å². The first-order valence-corrected chi connectivity index (χ1v) is 7.63. The summed E-state index contributed by atoms with van der Waals surface area (Å²) >= 11 is 0. The summed E-state index contributed by atoms with van der Waals surface area (Å²) in [5.41, 5.74) is 1.05. The summed E-state index contributed by atoms with van der Waals surface area (Å²) in [4.78, 5) is 0. The van der Waals surface area contributed by atoms with E-state index in [0.29, 0.717) is 19.2 Å². The van der Waals surface area contributed by atoms with E-state index >= 15 is 0 Å². The van der Waals surface area contributed by atoms with Crippen LogP contribution in [0.2, 0.25) is 0 Å². The maximum Gasteiger partial charge on any atom is 0.123 e. The first-order valence-electron chi connectivity index (χ1n) is 7.63. The number of methoxy groups -OCH3 is 1. The Morgan fingerprint density at radius 2 is 2.05 bits per heavy atom. The van der Waals surface area contributed by atoms with E-state index < -0.39 is 6.10 Å². The zero-order valence-corrected chi connectivity index (χ0v) is 13.5. The lowest BCUT2D eigenvalue weighted by Crippen LogP contribution is -2.32. The molecule has 0 aromatic heterocycles. The van der Waals surface area contributed by atoms with Crippen molar-refractivity contribution in [1.29, 1.82) is 0 Å². The molecular formula is C17H27NO3. The van der Waals surface area contributed by atoms with Crippen molar-refractivity contribution in [3.8, 4) is 11.5 Å². The van der Waals surface area contributed by atoms with Crippen LogP contribution in [-0.2, 0) is 5.41 Å². The average Bonchev–Trinajstić information content (AvgIpc) is 3.26. The predicted molar refractivity (Wildman–Crippen MR) is 84.2 cm³/mol. The highest BCUT2D eigenvalue weighted by molar-refractivity contribution is 5.44. The fourth-order valence-corrected chi connectivity index (χ4v) is 2.18. The molecule has 1 saturated carbocycles. The number of hydrogen-bond acceptors (Lipinski definition) is 4. The van der Waals surface area contributed by atoms with E-state index in [-0.39, 0.29) is 5.41 Å². The SMILES string of the molecule is COc1ccc(OCC(O)CNC2CC2)c(C(C)(C)C)c1. The molecule has 2 rings (SSSR count). The van der Waals surface area contributed by atoms with Gasteiger partial charge in [-0.1, -0.05) is 20.8 Å². The Morgan fingerprint density at radius 3 is 2.62 bits per heavy atom. The Kier molecular flexibility index (Phi) is 5.12. The summed E-state index contributed by atoms with van der Waals surface area (Å²) < 4.78 is 11.1. The van der Waals surface area contributed by atoms with Gasteiger partial charge in [-0.3, -0.25) is 0 Å². The molecule has 1 fully saturated rings. The third kappa shape index (κ3) is 4.90. The predicted octanol–water partition coefficient (Wildman–Crippen LogP) is 2.48. The number of aliphatic hydroxyl groups excluding tert-OH is 1. The molecule has 1 unspecified atom stereocenters. The summed E-state index contributed by atoms with van der Waals surface area (Å²) in [6.07, 6.45) is 1.96. The van der Waals surface area contributed by atoms with Crippen molar-refractivity contribution in [1.82, 2.24) is 5.32 Å². The lowest BCUT2D eigenvalue weighted by Gasteiger charge is -2.24. The molecule has 2 N–H and O–H groups in total. The third-order valence-corrected chi connectivity index (χ3v) is 3.65. The molecule has 1 aliphatic carbocycles. The Bertz CT molecular complexity index is 464. The summed E-state index contributed by atoms with van der Waals surface area (Å²) in [7, 11) is 1.66. The minimum absolute atomic E-state index is 0.0406. The van der Waals surface area contributed by atoms with Gasteiger partial charge in [-0.05, 0) is 36.5 Å². The zero-order chi connectivity index (χ0) is 15.5. The first kappa shape index (κ1) is 16.1. The Hall–Kier alpha value is -1.26. The van der Waals surface area contributed by atoms with E-state index in [9.17, 15) is 5.11 Å². The number of rotatable bonds is 7. The molecule has 0 spiro atoms. The maximum atomic E-state index is 9.97. The van der Waals surface area contributed by atoms with Gasteiger partial charge < -0.3 is 19.9 Å². The van der Waals surface area contributed by atoms with Gasteiger partial charge in [-0.2, -0.15) is 0 Å². The van der Waals surface area contributed by atoms with E-state index in [0.717, 1.165) is 17.1 Å². The number of aliphatic hydroxyl groups is 1. The van der Waals surface area contributed by atoms with Gasteiger partial charge in [-0.25, -0.2) is 0 Å². The smallest absolute Gasteiger partial charge is 0.123 e. The quantitative estimate of drug-likeness (QED) is 0.811. The van der Waals surface area contributed by atoms with Crippen molar-refractivity contribution < 1.29 is 14.6 Å². The van der Waals surface area contributed by atoms with E-state index in [1.54, 1.807) is 7.11 Å². The molecule has 0 amide bonds. The molecule has 4 nitrogen and oxygen atoms in total. The van der Waals surface area contributed by atoms with Gasteiger partial charge in [0.15, 0.2) is 0 Å². The maximum absolute atomic E-state index is 9.97. The highest BCUT2D eigenvalue weighted by Crippen LogP contribution is 2.34. The highest BCUT2D eigenvalue weighted by Gasteiger charge is 2.23. The average molecular weight is 293 g/mol. The van der Waals surface area contributed by atoms with Crippen molar-refractivity contribution in [3.63, 3.8) is 0 Å². The van der Waals surface area contributed by atoms with Crippen LogP contribution in [0.5, 0.6) is 11.5 Å². The van der Waals surface area contributed by atoms with Crippen molar-refractivity contribution in [2.24, 2.45) is 0 Å². The van der Waals surface area contributed by atoms with Crippen LogP contribution < -0.4 is 14.8 Å². The molecule has 0 radical (unpaired) electrons. The van der Waals surface area contributed by atoms with Gasteiger partial charge in [-0.15, -0.1) is 0 Å². The molecular weight excluding hydrogens is 266 g/mol. The molecule has 0 saturated heterocycles. The molecule has 1 aliphatic rings. The van der Waals surface area contributed by atoms with E-state index in [1.807, 2.05) is 18.2 Å². The van der Waals surface area contributed by atoms with Crippen LogP contribution in [0.15, 0.2) is 18.2 Å². The normalized spacial score (nSPS) is 16.6. The van der Waals surface area contributed by atoms with Crippen molar-refractivity contribution in [3.05, 3.63) is 23.8 Å². The van der Waals surface area contributed by atoms with E-state index in [2.05, 4.69) is 26.1 Å². The van der Waals surface area contributed by atoms with Crippen LogP contribution in [0, 0.1) is 0 Å². The second kappa shape index (κ2) is 6.67. The minimum Gasteiger partial charge on any atom is -0.497 e. The lowest BCUT2D eigenvalue weighted by atomic mass is 9.86. The number of benzene rings is 1. The van der Waals surface area contributed by atoms with Gasteiger partial charge in [0.25, 0.3) is 0 Å². The van der Waals surface area contributed by atoms with E-state index in [4.69, 9.17) is 9.47 Å². The van der Waals surface area contributed by atoms with Gasteiger partial charge in [0, 0.05) is 18.2 Å². The molecule has 1 atom stereocenters. The van der Waals surface area contributed by atoms with Crippen molar-refractivity contribution >= 4 is 0 Å². The largest absolute Gasteiger partial charge is 0.497 e. The first-order chi connectivity index (χ1) is 9.90. The second-order valence-corrected chi connectivity index (χ2v) is 6.76. The third-order valence-electron chi connectivity index (χ3n) is 3.65. The molecule has 0 bridgehead atoms. The Morgan fingerprint density at radius 1 is 1.33 bits per heavy atom. The number of nitrogens with one attached hydrogen (secondary N) is 1. The Balaban J connectivity index is 1.97. The molecule has 4 heteroatoms. The molecule has 21 heavy (non-hydrogen) atoms. The Labute approximate surface area is 127 Å². The lowest BCUT2D eigenvalue weighted by molar-refractivity contribution is 0.105. The molecule has 0 heterocycles. The zero-order valence-electron chi connectivity index (χ0n) is 13.5. The van der Waals surface area contributed by atoms with Crippen LogP contribution in [0.3, 0.4) is 0 Å². The summed E-state index contributed by atoms with van der Waals surface area (Å²) in [5, 5.41) is 13.3. The number of hydrogen-bond donors (Lipinski definition) is 2. The van der Waals surface area contributed by atoms with Crippen LogP contribution in [-0.4, -0.2) is 37.5 Å². The molecule has 0 aliphatic heterocycles. The minimum atomic E-state index is -0.486. The van der Waals surface area contributed by atoms with Crippen LogP contribution >= 0.6 is 0 Å². The van der Waals surface area contributed by atoms with Crippen LogP contribution in [0.1, 0.15) is 39.2 Å². The van der Waals surface area contributed by atoms with Crippen molar-refractivity contribution in [2.75, 3.05) is 20.3 Å². The second-order valence-electron chi connectivity index (χ2n) is 6.76. The van der Waals surface area contributed by atoms with Crippen molar-refractivity contribution in [2.45, 2.75) is 51.2 Å². The number of ether oxygens (including phenoxy) is 2. The molecule has 1 aromatic carbocycles. The standard InChI is InChI=1S/C17H27NO3/c1-17(2,3)15-9-14(20-4)7-8-16(15)21-11-13(19)10-18-12-5-6-12/h7-9,12-13,18-19H,5-6,10-11H2,1-4H3. The topological polar surface area (TPSA) is 50.7 Å². The molecule has 1 aromatic rings. The van der Waals surface area contributed by atoms with Crippen LogP contribution in [0.4, 0.5) is 0 Å². The van der Waals surface area contributed by atoms with E-state index in [1.165, 1.54) is 12.8 Å². The summed E-state index contributed by atoms with van der Waals surface area (Å²) in [5.74, 6) is 1.64. The summed E-state index contributed by atoms with van der Waals surface area (Å²) in [6.45, 7) is 7.31. The van der Waals surface area contributed by atoms with Gasteiger partial charge in [0.1, 0.15) is 24.2 Å². The fourth-order valence-electron chi connectivity index (χ4n) is 2.18. The monoisotopic (exact) mass is 293 g/mol. The fraction of sp³-hybridized carbons (Fsp3) is 0.647. The summed E-state index contributed by atoms with van der Waals surface area (Å²) in [6, 6.07) is 6.41. The van der Waals surface area contributed by atoms with Gasteiger partial charge in [0.2, 0.25) is 0 Å². The molecule has 118 valence electrons. The van der Waals surface area contributed by atoms with Gasteiger partial charge in [0.05, 0.1) is 7.11 Å². The van der Waals surface area contributed by atoms with Gasteiger partial charge >= 0.3 is 0 Å². The highest BCUT2D eigenvalue weighted by atomic mass is 16.5.